The molecule has 0 bridgehead atoms. The van der Waals surface area contributed by atoms with Crippen molar-refractivity contribution in [3.8, 4) is 5.75 Å². The highest BCUT2D eigenvalue weighted by molar-refractivity contribution is 5.86. The molecule has 0 aliphatic carbocycles. The summed E-state index contributed by atoms with van der Waals surface area (Å²) in [6.45, 7) is 1.46. The number of methoxy groups -OCH3 is 1. The third-order valence-corrected chi connectivity index (χ3v) is 2.73. The summed E-state index contributed by atoms with van der Waals surface area (Å²) < 4.78 is 5.04. The van der Waals surface area contributed by atoms with Crippen LogP contribution >= 0.6 is 0 Å². The van der Waals surface area contributed by atoms with Crippen LogP contribution in [0.15, 0.2) is 24.3 Å². The molecule has 0 saturated heterocycles. The highest BCUT2D eigenvalue weighted by Gasteiger charge is 2.20. The lowest BCUT2D eigenvalue weighted by molar-refractivity contribution is -0.143. The largest absolute Gasteiger partial charge is 0.497 e. The van der Waals surface area contributed by atoms with E-state index in [2.05, 4.69) is 0 Å². The molecule has 0 aromatic heterocycles. The molecule has 0 fully saturated rings. The van der Waals surface area contributed by atoms with Gasteiger partial charge in [-0.25, -0.2) is 0 Å². The van der Waals surface area contributed by atoms with Crippen molar-refractivity contribution in [2.24, 2.45) is 0 Å². The predicted octanol–water partition coefficient (Wildman–Crippen LogP) is 1.34. The van der Waals surface area contributed by atoms with Crippen molar-refractivity contribution in [2.75, 3.05) is 20.7 Å². The van der Waals surface area contributed by atoms with E-state index in [0.29, 0.717) is 0 Å². The SMILES string of the molecule is COc1ccc(C(C)C(=O)N(C)CC(=O)O)cc1. The van der Waals surface area contributed by atoms with E-state index in [1.165, 1.54) is 11.9 Å². The maximum atomic E-state index is 12.0. The molecule has 0 heterocycles. The van der Waals surface area contributed by atoms with Gasteiger partial charge in [0.2, 0.25) is 5.91 Å². The molecule has 0 radical (unpaired) electrons. The molecular weight excluding hydrogens is 234 g/mol. The Hall–Kier alpha value is -2.04. The summed E-state index contributed by atoms with van der Waals surface area (Å²) in [6, 6.07) is 7.15. The summed E-state index contributed by atoms with van der Waals surface area (Å²) in [5, 5.41) is 8.64. The van der Waals surface area contributed by atoms with Gasteiger partial charge in [0, 0.05) is 7.05 Å². The molecule has 1 amide bonds. The Morgan fingerprint density at radius 3 is 2.33 bits per heavy atom. The fraction of sp³-hybridized carbons (Fsp3) is 0.385. The van der Waals surface area contributed by atoms with Gasteiger partial charge >= 0.3 is 5.97 Å². The smallest absolute Gasteiger partial charge is 0.323 e. The van der Waals surface area contributed by atoms with Gasteiger partial charge in [0.15, 0.2) is 0 Å². The number of aliphatic carboxylic acids is 1. The number of carboxylic acids is 1. The van der Waals surface area contributed by atoms with Gasteiger partial charge in [-0.05, 0) is 24.6 Å². The molecule has 18 heavy (non-hydrogen) atoms. The first-order valence-corrected chi connectivity index (χ1v) is 5.56. The van der Waals surface area contributed by atoms with Crippen LogP contribution in [0.4, 0.5) is 0 Å². The van der Waals surface area contributed by atoms with Gasteiger partial charge in [-0.15, -0.1) is 0 Å². The first kappa shape index (κ1) is 14.0. The van der Waals surface area contributed by atoms with Gasteiger partial charge < -0.3 is 14.7 Å². The van der Waals surface area contributed by atoms with Crippen LogP contribution in [0.3, 0.4) is 0 Å². The van der Waals surface area contributed by atoms with Crippen LogP contribution in [0.2, 0.25) is 0 Å². The van der Waals surface area contributed by atoms with E-state index >= 15 is 0 Å². The molecule has 1 N–H and O–H groups in total. The standard InChI is InChI=1S/C13H17NO4/c1-9(13(17)14(2)8-12(15)16)10-4-6-11(18-3)7-5-10/h4-7,9H,8H2,1-3H3,(H,15,16). The third-order valence-electron chi connectivity index (χ3n) is 2.73. The predicted molar refractivity (Wildman–Crippen MR) is 66.7 cm³/mol. The second kappa shape index (κ2) is 6.05. The number of hydrogen-bond acceptors (Lipinski definition) is 3. The zero-order valence-electron chi connectivity index (χ0n) is 10.7. The maximum Gasteiger partial charge on any atom is 0.323 e. The number of ether oxygens (including phenoxy) is 1. The highest BCUT2D eigenvalue weighted by atomic mass is 16.5. The van der Waals surface area contributed by atoms with E-state index in [4.69, 9.17) is 9.84 Å². The van der Waals surface area contributed by atoms with Crippen molar-refractivity contribution in [1.29, 1.82) is 0 Å². The average Bonchev–Trinajstić information content (AvgIpc) is 2.36. The lowest BCUT2D eigenvalue weighted by atomic mass is 10.00. The monoisotopic (exact) mass is 251 g/mol. The zero-order valence-corrected chi connectivity index (χ0v) is 10.7. The number of amides is 1. The van der Waals surface area contributed by atoms with Crippen LogP contribution in [0.1, 0.15) is 18.4 Å². The van der Waals surface area contributed by atoms with Gasteiger partial charge in [-0.2, -0.15) is 0 Å². The molecule has 0 spiro atoms. The lowest BCUT2D eigenvalue weighted by Crippen LogP contribution is -2.34. The van der Waals surface area contributed by atoms with Crippen LogP contribution in [0.5, 0.6) is 5.75 Å². The second-order valence-electron chi connectivity index (χ2n) is 4.08. The molecule has 5 nitrogen and oxygen atoms in total. The topological polar surface area (TPSA) is 66.8 Å². The number of carbonyl (C=O) groups is 2. The van der Waals surface area contributed by atoms with E-state index in [1.807, 2.05) is 0 Å². The number of hydrogen-bond donors (Lipinski definition) is 1. The Balaban J connectivity index is 2.75. The normalized spacial score (nSPS) is 11.7. The van der Waals surface area contributed by atoms with Gasteiger partial charge in [-0.1, -0.05) is 12.1 Å². The summed E-state index contributed by atoms with van der Waals surface area (Å²) in [7, 11) is 3.06. The summed E-state index contributed by atoms with van der Waals surface area (Å²) in [4.78, 5) is 23.7. The van der Waals surface area contributed by atoms with Crippen molar-refractivity contribution in [3.63, 3.8) is 0 Å². The summed E-state index contributed by atoms with van der Waals surface area (Å²) in [5.41, 5.74) is 0.832. The number of benzene rings is 1. The number of likely N-dealkylation sites (N-methyl/N-ethyl adjacent to an activating group) is 1. The number of carbonyl (C=O) groups excluding carboxylic acids is 1. The van der Waals surface area contributed by atoms with Crippen LogP contribution in [-0.2, 0) is 9.59 Å². The Bertz CT molecular complexity index is 427. The number of carboxylic acid groups (broad SMARTS) is 1. The summed E-state index contributed by atoms with van der Waals surface area (Å²) in [6.07, 6.45) is 0. The Morgan fingerprint density at radius 1 is 1.33 bits per heavy atom. The van der Waals surface area contributed by atoms with Crippen LogP contribution in [0, 0.1) is 0 Å². The minimum Gasteiger partial charge on any atom is -0.497 e. The van der Waals surface area contributed by atoms with Gasteiger partial charge in [0.25, 0.3) is 0 Å². The molecule has 98 valence electrons. The molecule has 1 aromatic rings. The molecule has 1 unspecified atom stereocenters. The maximum absolute atomic E-state index is 12.0. The molecule has 0 aliphatic rings. The third kappa shape index (κ3) is 3.48. The van der Waals surface area contributed by atoms with Crippen molar-refractivity contribution in [3.05, 3.63) is 29.8 Å². The Kier molecular flexibility index (Phi) is 4.71. The van der Waals surface area contributed by atoms with Crippen LogP contribution in [0.25, 0.3) is 0 Å². The second-order valence-corrected chi connectivity index (χ2v) is 4.08. The molecule has 5 heteroatoms. The van der Waals surface area contributed by atoms with E-state index < -0.39 is 5.97 Å². The quantitative estimate of drug-likeness (QED) is 0.857. The molecular formula is C13H17NO4. The van der Waals surface area contributed by atoms with Crippen LogP contribution < -0.4 is 4.74 Å². The van der Waals surface area contributed by atoms with Crippen LogP contribution in [-0.4, -0.2) is 42.6 Å². The fourth-order valence-corrected chi connectivity index (χ4v) is 1.65. The van der Waals surface area contributed by atoms with Gasteiger partial charge in [-0.3, -0.25) is 9.59 Å². The van der Waals surface area contributed by atoms with E-state index in [0.717, 1.165) is 11.3 Å². The molecule has 1 rings (SSSR count). The van der Waals surface area contributed by atoms with Crippen molar-refractivity contribution >= 4 is 11.9 Å². The van der Waals surface area contributed by atoms with Crippen molar-refractivity contribution in [1.82, 2.24) is 4.90 Å². The van der Waals surface area contributed by atoms with Gasteiger partial charge in [0.05, 0.1) is 13.0 Å². The van der Waals surface area contributed by atoms with E-state index in [9.17, 15) is 9.59 Å². The summed E-state index contributed by atoms with van der Waals surface area (Å²) in [5.74, 6) is -0.895. The Morgan fingerprint density at radius 2 is 1.89 bits per heavy atom. The molecule has 1 atom stereocenters. The highest BCUT2D eigenvalue weighted by Crippen LogP contribution is 2.20. The lowest BCUT2D eigenvalue weighted by Gasteiger charge is -2.19. The molecule has 1 aromatic carbocycles. The minimum absolute atomic E-state index is 0.220. The Labute approximate surface area is 106 Å². The first-order chi connectivity index (χ1) is 8.45. The number of nitrogens with zero attached hydrogens (tertiary/aromatic N) is 1. The van der Waals surface area contributed by atoms with E-state index in [1.54, 1.807) is 38.3 Å². The van der Waals surface area contributed by atoms with Gasteiger partial charge in [0.1, 0.15) is 12.3 Å². The fourth-order valence-electron chi connectivity index (χ4n) is 1.65. The van der Waals surface area contributed by atoms with Crippen molar-refractivity contribution < 1.29 is 19.4 Å². The molecule has 0 saturated carbocycles. The summed E-state index contributed by atoms with van der Waals surface area (Å²) >= 11 is 0. The van der Waals surface area contributed by atoms with Crippen molar-refractivity contribution in [2.45, 2.75) is 12.8 Å². The minimum atomic E-state index is -1.02. The molecule has 0 aliphatic heterocycles. The van der Waals surface area contributed by atoms with E-state index in [-0.39, 0.29) is 18.4 Å². The first-order valence-electron chi connectivity index (χ1n) is 5.56. The number of rotatable bonds is 5. The average molecular weight is 251 g/mol. The zero-order chi connectivity index (χ0) is 13.7.